The van der Waals surface area contributed by atoms with E-state index in [1.165, 1.54) is 6.08 Å². The van der Waals surface area contributed by atoms with Gasteiger partial charge in [-0.05, 0) is 37.3 Å². The molecule has 2 aromatic carbocycles. The minimum atomic E-state index is -0.282. The Kier molecular flexibility index (Phi) is 6.14. The first-order valence-corrected chi connectivity index (χ1v) is 7.67. The number of carbonyl (C=O) groups excluding carboxylic acids is 2. The Morgan fingerprint density at radius 3 is 2.67 bits per heavy atom. The van der Waals surface area contributed by atoms with Crippen LogP contribution in [0.1, 0.15) is 22.8 Å². The number of benzene rings is 2. The van der Waals surface area contributed by atoms with Gasteiger partial charge in [-0.3, -0.25) is 9.59 Å². The molecule has 0 aliphatic heterocycles. The van der Waals surface area contributed by atoms with Crippen molar-refractivity contribution in [3.05, 3.63) is 65.7 Å². The summed E-state index contributed by atoms with van der Waals surface area (Å²) in [5.41, 5.74) is 1.87. The first kappa shape index (κ1) is 17.3. The second-order valence-electron chi connectivity index (χ2n) is 4.95. The van der Waals surface area contributed by atoms with Crippen molar-refractivity contribution in [3.63, 3.8) is 0 Å². The highest BCUT2D eigenvalue weighted by molar-refractivity contribution is 6.03. The lowest BCUT2D eigenvalue weighted by Crippen LogP contribution is -2.18. The van der Waals surface area contributed by atoms with Crippen LogP contribution in [0, 0.1) is 0 Å². The summed E-state index contributed by atoms with van der Waals surface area (Å²) in [6.45, 7) is 2.47. The molecule has 0 radical (unpaired) electrons. The normalized spacial score (nSPS) is 10.4. The van der Waals surface area contributed by atoms with Crippen LogP contribution in [0.2, 0.25) is 0 Å². The second-order valence-corrected chi connectivity index (χ2v) is 4.95. The topological polar surface area (TPSA) is 67.4 Å². The molecule has 2 amide bonds. The molecule has 2 rings (SSSR count). The van der Waals surface area contributed by atoms with Gasteiger partial charge in [0.2, 0.25) is 5.91 Å². The Balaban J connectivity index is 2.07. The molecule has 0 aliphatic rings. The maximum atomic E-state index is 12.1. The van der Waals surface area contributed by atoms with Gasteiger partial charge in [0, 0.05) is 29.9 Å². The monoisotopic (exact) mass is 324 g/mol. The first-order chi connectivity index (χ1) is 11.6. The van der Waals surface area contributed by atoms with E-state index in [0.29, 0.717) is 17.9 Å². The highest BCUT2D eigenvalue weighted by atomic mass is 16.5. The van der Waals surface area contributed by atoms with Crippen molar-refractivity contribution in [3.8, 4) is 5.75 Å². The summed E-state index contributed by atoms with van der Waals surface area (Å²) in [6.07, 6.45) is 3.13. The fourth-order valence-electron chi connectivity index (χ4n) is 2.14. The molecule has 2 N–H and O–H groups in total. The molecule has 0 saturated heterocycles. The fourth-order valence-corrected chi connectivity index (χ4v) is 2.14. The second kappa shape index (κ2) is 8.53. The largest absolute Gasteiger partial charge is 0.493 e. The van der Waals surface area contributed by atoms with E-state index in [1.54, 1.807) is 37.4 Å². The van der Waals surface area contributed by atoms with Crippen LogP contribution < -0.4 is 15.4 Å². The van der Waals surface area contributed by atoms with Gasteiger partial charge in [0.1, 0.15) is 5.75 Å². The molecule has 0 fully saturated rings. The van der Waals surface area contributed by atoms with Crippen molar-refractivity contribution in [2.45, 2.75) is 6.92 Å². The molecule has 0 unspecified atom stereocenters. The number of anilines is 1. The van der Waals surface area contributed by atoms with Gasteiger partial charge in [0.25, 0.3) is 5.91 Å². The molecule has 24 heavy (non-hydrogen) atoms. The lowest BCUT2D eigenvalue weighted by atomic mass is 10.1. The van der Waals surface area contributed by atoms with E-state index < -0.39 is 0 Å². The molecule has 5 heteroatoms. The van der Waals surface area contributed by atoms with Gasteiger partial charge >= 0.3 is 0 Å². The van der Waals surface area contributed by atoms with Crippen molar-refractivity contribution in [2.75, 3.05) is 19.0 Å². The van der Waals surface area contributed by atoms with Crippen LogP contribution in [-0.4, -0.2) is 25.5 Å². The van der Waals surface area contributed by atoms with Gasteiger partial charge in [0.15, 0.2) is 0 Å². The van der Waals surface area contributed by atoms with Crippen LogP contribution in [0.15, 0.2) is 54.6 Å². The van der Waals surface area contributed by atoms with E-state index in [2.05, 4.69) is 10.6 Å². The molecule has 5 nitrogen and oxygen atoms in total. The average molecular weight is 324 g/mol. The zero-order valence-corrected chi connectivity index (χ0v) is 13.7. The van der Waals surface area contributed by atoms with Crippen LogP contribution in [0.25, 0.3) is 6.08 Å². The van der Waals surface area contributed by atoms with Crippen molar-refractivity contribution in [1.82, 2.24) is 5.32 Å². The van der Waals surface area contributed by atoms with E-state index in [1.807, 2.05) is 31.2 Å². The minimum absolute atomic E-state index is 0.202. The molecule has 0 aromatic heterocycles. The molecule has 0 bridgehead atoms. The van der Waals surface area contributed by atoms with Crippen LogP contribution >= 0.6 is 0 Å². The minimum Gasteiger partial charge on any atom is -0.493 e. The number of amides is 2. The Morgan fingerprint density at radius 1 is 1.12 bits per heavy atom. The predicted molar refractivity (Wildman–Crippen MR) is 95.1 cm³/mol. The number of para-hydroxylation sites is 1. The summed E-state index contributed by atoms with van der Waals surface area (Å²) in [6, 6.07) is 14.2. The fraction of sp³-hybridized carbons (Fsp3) is 0.158. The number of hydrogen-bond acceptors (Lipinski definition) is 3. The van der Waals surface area contributed by atoms with Crippen LogP contribution in [0.3, 0.4) is 0 Å². The third-order valence-electron chi connectivity index (χ3n) is 3.25. The van der Waals surface area contributed by atoms with Gasteiger partial charge in [-0.2, -0.15) is 0 Å². The molecule has 0 heterocycles. The molecular formula is C19H20N2O3. The standard InChI is InChI=1S/C19H20N2O3/c1-3-24-17-10-5-4-7-14(17)11-12-18(22)21-16-9-6-8-15(13-16)19(23)20-2/h4-13H,3H2,1-2H3,(H,20,23)(H,21,22)/b12-11+. The summed E-state index contributed by atoms with van der Waals surface area (Å²) in [5.74, 6) is 0.244. The van der Waals surface area contributed by atoms with Crippen LogP contribution in [0.5, 0.6) is 5.75 Å². The quantitative estimate of drug-likeness (QED) is 0.802. The Hall–Kier alpha value is -3.08. The summed E-state index contributed by atoms with van der Waals surface area (Å²) >= 11 is 0. The summed E-state index contributed by atoms with van der Waals surface area (Å²) in [7, 11) is 1.56. The maximum Gasteiger partial charge on any atom is 0.251 e. The van der Waals surface area contributed by atoms with Crippen molar-refractivity contribution < 1.29 is 14.3 Å². The third-order valence-corrected chi connectivity index (χ3v) is 3.25. The van der Waals surface area contributed by atoms with Crippen LogP contribution in [-0.2, 0) is 4.79 Å². The molecular weight excluding hydrogens is 304 g/mol. The zero-order chi connectivity index (χ0) is 17.4. The number of ether oxygens (including phenoxy) is 1. The van der Waals surface area contributed by atoms with Gasteiger partial charge in [0.05, 0.1) is 6.61 Å². The van der Waals surface area contributed by atoms with E-state index >= 15 is 0 Å². The number of rotatable bonds is 6. The molecule has 2 aromatic rings. The molecule has 0 saturated carbocycles. The number of nitrogens with one attached hydrogen (secondary N) is 2. The first-order valence-electron chi connectivity index (χ1n) is 7.67. The number of hydrogen-bond donors (Lipinski definition) is 2. The highest BCUT2D eigenvalue weighted by Crippen LogP contribution is 2.19. The van der Waals surface area contributed by atoms with Crippen molar-refractivity contribution >= 4 is 23.6 Å². The Morgan fingerprint density at radius 2 is 1.92 bits per heavy atom. The molecule has 0 spiro atoms. The third kappa shape index (κ3) is 4.71. The van der Waals surface area contributed by atoms with E-state index in [-0.39, 0.29) is 11.8 Å². The average Bonchev–Trinajstić information content (AvgIpc) is 2.61. The van der Waals surface area contributed by atoms with E-state index in [0.717, 1.165) is 11.3 Å². The predicted octanol–water partition coefficient (Wildman–Crippen LogP) is 3.10. The van der Waals surface area contributed by atoms with Gasteiger partial charge < -0.3 is 15.4 Å². The lowest BCUT2D eigenvalue weighted by Gasteiger charge is -2.07. The van der Waals surface area contributed by atoms with E-state index in [9.17, 15) is 9.59 Å². The summed E-state index contributed by atoms with van der Waals surface area (Å²) in [5, 5.41) is 5.28. The smallest absolute Gasteiger partial charge is 0.251 e. The summed E-state index contributed by atoms with van der Waals surface area (Å²) < 4.78 is 5.51. The lowest BCUT2D eigenvalue weighted by molar-refractivity contribution is -0.111. The Bertz CT molecular complexity index is 754. The summed E-state index contributed by atoms with van der Waals surface area (Å²) in [4.78, 5) is 23.7. The van der Waals surface area contributed by atoms with Crippen molar-refractivity contribution in [1.29, 1.82) is 0 Å². The zero-order valence-electron chi connectivity index (χ0n) is 13.7. The van der Waals surface area contributed by atoms with Crippen LogP contribution in [0.4, 0.5) is 5.69 Å². The number of carbonyl (C=O) groups is 2. The SMILES string of the molecule is CCOc1ccccc1/C=C/C(=O)Nc1cccc(C(=O)NC)c1. The van der Waals surface area contributed by atoms with Crippen molar-refractivity contribution in [2.24, 2.45) is 0 Å². The van der Waals surface area contributed by atoms with Gasteiger partial charge in [-0.1, -0.05) is 24.3 Å². The molecule has 124 valence electrons. The van der Waals surface area contributed by atoms with Gasteiger partial charge in [-0.15, -0.1) is 0 Å². The highest BCUT2D eigenvalue weighted by Gasteiger charge is 2.05. The van der Waals surface area contributed by atoms with E-state index in [4.69, 9.17) is 4.74 Å². The Labute approximate surface area is 141 Å². The molecule has 0 atom stereocenters. The maximum absolute atomic E-state index is 12.1. The molecule has 0 aliphatic carbocycles. The van der Waals surface area contributed by atoms with Gasteiger partial charge in [-0.25, -0.2) is 0 Å².